The number of aromatic amines is 2. The second-order valence-electron chi connectivity index (χ2n) is 1.19. The van der Waals surface area contributed by atoms with Gasteiger partial charge in [-0.2, -0.15) is 5.10 Å². The third-order valence-corrected chi connectivity index (χ3v) is 0.585. The van der Waals surface area contributed by atoms with Crippen LogP contribution in [0.1, 0.15) is 0 Å². The molecule has 1 aromatic rings. The van der Waals surface area contributed by atoms with Gasteiger partial charge in [0.1, 0.15) is 6.20 Å². The number of H-pyrrole nitrogens is 2. The van der Waals surface area contributed by atoms with Gasteiger partial charge in [-0.25, -0.2) is 9.89 Å². The molecule has 1 rings (SSSR count). The molecule has 0 aliphatic rings. The van der Waals surface area contributed by atoms with E-state index < -0.39 is 11.2 Å². The molecule has 2 N–H and O–H groups in total. The second kappa shape index (κ2) is 5.01. The van der Waals surface area contributed by atoms with Crippen molar-refractivity contribution in [2.75, 3.05) is 0 Å². The van der Waals surface area contributed by atoms with Gasteiger partial charge in [0, 0.05) is 0 Å². The van der Waals surface area contributed by atoms with E-state index in [9.17, 15) is 9.59 Å². The molecule has 5 nitrogen and oxygen atoms in total. The number of hydrogen-bond donors (Lipinski definition) is 2. The van der Waals surface area contributed by atoms with Gasteiger partial charge in [0.2, 0.25) is 0 Å². The van der Waals surface area contributed by atoms with Crippen molar-refractivity contribution in [1.29, 1.82) is 0 Å². The molecule has 0 aromatic carbocycles. The summed E-state index contributed by atoms with van der Waals surface area (Å²) in [5.41, 5.74) is -1.08. The molecule has 1 heterocycles. The molecule has 0 unspecified atom stereocenters. The zero-order chi connectivity index (χ0) is 5.98. The maximum atomic E-state index is 10.2. The summed E-state index contributed by atoms with van der Waals surface area (Å²) >= 11 is 0. The van der Waals surface area contributed by atoms with Gasteiger partial charge < -0.3 is 0 Å². The van der Waals surface area contributed by atoms with Gasteiger partial charge in [-0.3, -0.25) is 9.78 Å². The Bertz CT molecular complexity index is 254. The van der Waals surface area contributed by atoms with Gasteiger partial charge in [-0.15, -0.1) is 24.8 Å². The average molecular weight is 186 g/mol. The van der Waals surface area contributed by atoms with Crippen LogP contribution < -0.4 is 11.2 Å². The van der Waals surface area contributed by atoms with E-state index in [0.29, 0.717) is 0 Å². The molecular weight excluding hydrogens is 181 g/mol. The fourth-order valence-corrected chi connectivity index (χ4v) is 0.322. The Balaban J connectivity index is 0. The zero-order valence-corrected chi connectivity index (χ0v) is 6.29. The molecule has 0 saturated carbocycles. The molecule has 1 aromatic heterocycles. The first-order valence-corrected chi connectivity index (χ1v) is 1.93. The Hall–Kier alpha value is -0.810. The molecular formula is C3H5Cl2N3O2. The summed E-state index contributed by atoms with van der Waals surface area (Å²) in [6.07, 6.45) is 0.987. The SMILES string of the molecule is Cl.Cl.O=c1cn[nH]c(=O)[nH]1. The first-order valence-electron chi connectivity index (χ1n) is 1.93. The molecule has 0 atom stereocenters. The van der Waals surface area contributed by atoms with Crippen molar-refractivity contribution in [2.45, 2.75) is 0 Å². The average Bonchev–Trinajstić information content (AvgIpc) is 1.64. The molecule has 0 fully saturated rings. The van der Waals surface area contributed by atoms with Gasteiger partial charge in [0.25, 0.3) is 5.56 Å². The monoisotopic (exact) mass is 185 g/mol. The van der Waals surface area contributed by atoms with Crippen LogP contribution >= 0.6 is 24.8 Å². The lowest BCUT2D eigenvalue weighted by molar-refractivity contribution is 0.890. The first-order chi connectivity index (χ1) is 3.79. The Morgan fingerprint density at radius 2 is 1.90 bits per heavy atom. The molecule has 0 saturated heterocycles. The maximum Gasteiger partial charge on any atom is 0.342 e. The predicted molar refractivity (Wildman–Crippen MR) is 40.0 cm³/mol. The maximum absolute atomic E-state index is 10.2. The van der Waals surface area contributed by atoms with Gasteiger partial charge in [-0.1, -0.05) is 0 Å². The molecule has 0 aliphatic carbocycles. The van der Waals surface area contributed by atoms with Crippen molar-refractivity contribution in [2.24, 2.45) is 0 Å². The molecule has 0 amide bonds. The van der Waals surface area contributed by atoms with E-state index in [-0.39, 0.29) is 24.8 Å². The number of halogens is 2. The zero-order valence-electron chi connectivity index (χ0n) is 4.66. The highest BCUT2D eigenvalue weighted by atomic mass is 35.5. The van der Waals surface area contributed by atoms with Crippen LogP contribution in [0.3, 0.4) is 0 Å². The number of nitrogens with one attached hydrogen (secondary N) is 2. The van der Waals surface area contributed by atoms with Crippen LogP contribution in [-0.2, 0) is 0 Å². The summed E-state index contributed by atoms with van der Waals surface area (Å²) in [4.78, 5) is 22.2. The summed E-state index contributed by atoms with van der Waals surface area (Å²) in [6.45, 7) is 0. The quantitative estimate of drug-likeness (QED) is 0.562. The van der Waals surface area contributed by atoms with Gasteiger partial charge >= 0.3 is 5.69 Å². The number of rotatable bonds is 0. The van der Waals surface area contributed by atoms with E-state index in [4.69, 9.17) is 0 Å². The van der Waals surface area contributed by atoms with Crippen LogP contribution in [0.4, 0.5) is 0 Å². The van der Waals surface area contributed by atoms with E-state index in [1.807, 2.05) is 10.1 Å². The smallest absolute Gasteiger partial charge is 0.272 e. The standard InChI is InChI=1S/C3H3N3O2.2ClH/c7-2-1-4-6-3(8)5-2;;/h1H,(H2,5,6,7,8);2*1H. The summed E-state index contributed by atoms with van der Waals surface area (Å²) in [5, 5.41) is 5.21. The predicted octanol–water partition coefficient (Wildman–Crippen LogP) is -0.698. The van der Waals surface area contributed by atoms with Crippen LogP contribution in [-0.4, -0.2) is 15.2 Å². The van der Waals surface area contributed by atoms with Crippen LogP contribution in [0.2, 0.25) is 0 Å². The largest absolute Gasteiger partial charge is 0.342 e. The van der Waals surface area contributed by atoms with Gasteiger partial charge in [-0.05, 0) is 0 Å². The minimum Gasteiger partial charge on any atom is -0.272 e. The molecule has 0 bridgehead atoms. The van der Waals surface area contributed by atoms with Crippen molar-refractivity contribution >= 4 is 24.8 Å². The van der Waals surface area contributed by atoms with E-state index in [1.165, 1.54) is 0 Å². The summed E-state index contributed by atoms with van der Waals surface area (Å²) in [7, 11) is 0. The molecule has 0 spiro atoms. The third-order valence-electron chi connectivity index (χ3n) is 0.585. The van der Waals surface area contributed by atoms with Crippen molar-refractivity contribution < 1.29 is 0 Å². The molecule has 58 valence electrons. The van der Waals surface area contributed by atoms with Crippen LogP contribution in [0, 0.1) is 0 Å². The Morgan fingerprint density at radius 3 is 2.20 bits per heavy atom. The van der Waals surface area contributed by atoms with Crippen LogP contribution in [0.15, 0.2) is 15.8 Å². The molecule has 0 aliphatic heterocycles. The van der Waals surface area contributed by atoms with E-state index >= 15 is 0 Å². The summed E-state index contributed by atoms with van der Waals surface area (Å²) in [5.74, 6) is 0. The fourth-order valence-electron chi connectivity index (χ4n) is 0.322. The molecule has 10 heavy (non-hydrogen) atoms. The Labute approximate surface area is 67.7 Å². The van der Waals surface area contributed by atoms with Crippen LogP contribution in [0.5, 0.6) is 0 Å². The number of hydrogen-bond acceptors (Lipinski definition) is 3. The Kier molecular flexibility index (Phi) is 5.98. The lowest BCUT2D eigenvalue weighted by atomic mass is 10.9. The molecule has 7 heteroatoms. The third kappa shape index (κ3) is 3.26. The lowest BCUT2D eigenvalue weighted by Gasteiger charge is -1.74. The normalized spacial score (nSPS) is 7.20. The number of aromatic nitrogens is 3. The highest BCUT2D eigenvalue weighted by molar-refractivity contribution is 5.85. The van der Waals surface area contributed by atoms with Gasteiger partial charge in [0.15, 0.2) is 0 Å². The van der Waals surface area contributed by atoms with E-state index in [1.54, 1.807) is 0 Å². The highest BCUT2D eigenvalue weighted by Gasteiger charge is 1.79. The topological polar surface area (TPSA) is 78.6 Å². The minimum atomic E-state index is -0.586. The van der Waals surface area contributed by atoms with E-state index in [0.717, 1.165) is 6.20 Å². The van der Waals surface area contributed by atoms with Crippen molar-refractivity contribution in [3.63, 3.8) is 0 Å². The fraction of sp³-hybridized carbons (Fsp3) is 0. The number of nitrogens with zero attached hydrogens (tertiary/aromatic N) is 1. The Morgan fingerprint density at radius 1 is 1.30 bits per heavy atom. The van der Waals surface area contributed by atoms with Crippen LogP contribution in [0.25, 0.3) is 0 Å². The first kappa shape index (κ1) is 11.9. The van der Waals surface area contributed by atoms with Crippen molar-refractivity contribution in [3.8, 4) is 0 Å². The van der Waals surface area contributed by atoms with Gasteiger partial charge in [0.05, 0.1) is 0 Å². The second-order valence-corrected chi connectivity index (χ2v) is 1.19. The lowest BCUT2D eigenvalue weighted by Crippen LogP contribution is -2.21. The van der Waals surface area contributed by atoms with Crippen molar-refractivity contribution in [1.82, 2.24) is 15.2 Å². The summed E-state index contributed by atoms with van der Waals surface area (Å²) in [6, 6.07) is 0. The molecule has 0 radical (unpaired) electrons. The summed E-state index contributed by atoms with van der Waals surface area (Å²) < 4.78 is 0. The van der Waals surface area contributed by atoms with Crippen molar-refractivity contribution in [3.05, 3.63) is 27.0 Å². The minimum absolute atomic E-state index is 0. The highest BCUT2D eigenvalue weighted by Crippen LogP contribution is 1.40. The van der Waals surface area contributed by atoms with E-state index in [2.05, 4.69) is 5.10 Å².